The Hall–Kier alpha value is -1.94. The number of esters is 4. The predicted octanol–water partition coefficient (Wildman–Crippen LogP) is 23.6. The minimum absolute atomic E-state index is 0.107. The van der Waals surface area contributed by atoms with E-state index in [1.165, 1.54) is 244 Å². The molecule has 0 fully saturated rings. The maximum absolute atomic E-state index is 13.1. The molecule has 0 aromatic heterocycles. The first-order valence-corrected chi connectivity index (χ1v) is 44.2. The van der Waals surface area contributed by atoms with Crippen LogP contribution in [0, 0.1) is 5.92 Å². The van der Waals surface area contributed by atoms with Crippen LogP contribution in [0.2, 0.25) is 0 Å². The third kappa shape index (κ3) is 71.1. The molecule has 17 nitrogen and oxygen atoms in total. The van der Waals surface area contributed by atoms with E-state index in [0.29, 0.717) is 25.7 Å². The third-order valence-electron chi connectivity index (χ3n) is 18.9. The molecule has 0 aliphatic heterocycles. The highest BCUT2D eigenvalue weighted by atomic mass is 31.2. The van der Waals surface area contributed by atoms with E-state index in [-0.39, 0.29) is 25.7 Å². The number of hydrogen-bond acceptors (Lipinski definition) is 15. The van der Waals surface area contributed by atoms with Crippen molar-refractivity contribution in [3.63, 3.8) is 0 Å². The summed E-state index contributed by atoms with van der Waals surface area (Å²) in [5.41, 5.74) is 0. The van der Waals surface area contributed by atoms with E-state index in [4.69, 9.17) is 37.0 Å². The van der Waals surface area contributed by atoms with Gasteiger partial charge in [-0.3, -0.25) is 37.3 Å². The van der Waals surface area contributed by atoms with Crippen LogP contribution in [0.25, 0.3) is 0 Å². The fourth-order valence-corrected chi connectivity index (χ4v) is 13.8. The van der Waals surface area contributed by atoms with Crippen LogP contribution in [0.3, 0.4) is 0 Å². The third-order valence-corrected chi connectivity index (χ3v) is 20.8. The van der Waals surface area contributed by atoms with Crippen molar-refractivity contribution in [2.45, 2.75) is 438 Å². The summed E-state index contributed by atoms with van der Waals surface area (Å²) in [7, 11) is -9.91. The number of phosphoric ester groups is 2. The zero-order valence-corrected chi connectivity index (χ0v) is 65.7. The number of rotatable bonds is 79. The Morgan fingerprint density at radius 3 is 0.724 bits per heavy atom. The van der Waals surface area contributed by atoms with Crippen molar-refractivity contribution >= 4 is 39.5 Å². The first kappa shape index (κ1) is 96.1. The van der Waals surface area contributed by atoms with E-state index < -0.39 is 97.5 Å². The second-order valence-corrected chi connectivity index (χ2v) is 31.6. The molecule has 0 aromatic rings. The van der Waals surface area contributed by atoms with Crippen LogP contribution in [0.15, 0.2) is 0 Å². The van der Waals surface area contributed by atoms with Gasteiger partial charge < -0.3 is 33.8 Å². The highest BCUT2D eigenvalue weighted by molar-refractivity contribution is 7.47. The van der Waals surface area contributed by atoms with E-state index in [1.54, 1.807) is 0 Å². The molecule has 3 unspecified atom stereocenters. The first-order valence-electron chi connectivity index (χ1n) is 41.2. The van der Waals surface area contributed by atoms with Crippen LogP contribution >= 0.6 is 15.6 Å². The fourth-order valence-electron chi connectivity index (χ4n) is 12.2. The summed E-state index contributed by atoms with van der Waals surface area (Å²) in [6.45, 7) is 7.35. The largest absolute Gasteiger partial charge is 0.472 e. The Kier molecular flexibility index (Phi) is 70.6. The van der Waals surface area contributed by atoms with Gasteiger partial charge in [-0.05, 0) is 31.6 Å². The van der Waals surface area contributed by atoms with Gasteiger partial charge in [0, 0.05) is 25.7 Å². The average Bonchev–Trinajstić information content (AvgIpc) is 0.995. The molecule has 0 saturated carbocycles. The number of aliphatic hydroxyl groups is 1. The van der Waals surface area contributed by atoms with E-state index in [9.17, 15) is 43.2 Å². The molecule has 0 aliphatic carbocycles. The minimum atomic E-state index is -4.96. The Labute approximate surface area is 600 Å². The molecule has 0 bridgehead atoms. The summed E-state index contributed by atoms with van der Waals surface area (Å²) < 4.78 is 68.6. The lowest BCUT2D eigenvalue weighted by Crippen LogP contribution is -2.30. The van der Waals surface area contributed by atoms with Gasteiger partial charge in [0.05, 0.1) is 26.4 Å². The maximum atomic E-state index is 13.1. The summed E-state index contributed by atoms with van der Waals surface area (Å²) in [5, 5.41) is 10.6. The monoisotopic (exact) mass is 1440 g/mol. The van der Waals surface area contributed by atoms with Crippen molar-refractivity contribution in [2.24, 2.45) is 5.92 Å². The van der Waals surface area contributed by atoms with Gasteiger partial charge in [0.25, 0.3) is 0 Å². The maximum Gasteiger partial charge on any atom is 0.472 e. The number of aliphatic hydroxyl groups excluding tert-OH is 1. The lowest BCUT2D eigenvalue weighted by atomic mass is 9.99. The molecule has 3 N–H and O–H groups in total. The van der Waals surface area contributed by atoms with Gasteiger partial charge in [-0.25, -0.2) is 9.13 Å². The van der Waals surface area contributed by atoms with Crippen molar-refractivity contribution in [3.8, 4) is 0 Å². The Balaban J connectivity index is 5.20. The Morgan fingerprint density at radius 1 is 0.286 bits per heavy atom. The molecule has 0 rings (SSSR count). The highest BCUT2D eigenvalue weighted by Crippen LogP contribution is 2.45. The van der Waals surface area contributed by atoms with Crippen molar-refractivity contribution in [1.82, 2.24) is 0 Å². The van der Waals surface area contributed by atoms with Gasteiger partial charge in [-0.2, -0.15) is 0 Å². The zero-order valence-electron chi connectivity index (χ0n) is 63.9. The predicted molar refractivity (Wildman–Crippen MR) is 400 cm³/mol. The molecule has 0 amide bonds. The molecule has 0 aromatic carbocycles. The molecule has 582 valence electrons. The molecule has 0 radical (unpaired) electrons. The molecule has 6 atom stereocenters. The van der Waals surface area contributed by atoms with Crippen LogP contribution < -0.4 is 0 Å². The van der Waals surface area contributed by atoms with Crippen LogP contribution in [0.1, 0.15) is 420 Å². The van der Waals surface area contributed by atoms with Crippen LogP contribution in [0.5, 0.6) is 0 Å². The Bertz CT molecular complexity index is 1880. The second kappa shape index (κ2) is 72.0. The molecular weight excluding hydrogens is 1280 g/mol. The van der Waals surface area contributed by atoms with Crippen LogP contribution in [-0.4, -0.2) is 96.7 Å². The van der Waals surface area contributed by atoms with Gasteiger partial charge in [-0.15, -0.1) is 0 Å². The highest BCUT2D eigenvalue weighted by Gasteiger charge is 2.30. The fraction of sp³-hybridized carbons (Fsp3) is 0.949. The van der Waals surface area contributed by atoms with Gasteiger partial charge in [0.15, 0.2) is 12.2 Å². The summed E-state index contributed by atoms with van der Waals surface area (Å²) in [5.74, 6) is -1.26. The zero-order chi connectivity index (χ0) is 71.9. The lowest BCUT2D eigenvalue weighted by molar-refractivity contribution is -0.161. The van der Waals surface area contributed by atoms with Gasteiger partial charge in [0.1, 0.15) is 19.3 Å². The van der Waals surface area contributed by atoms with Crippen LogP contribution in [-0.2, 0) is 65.4 Å². The van der Waals surface area contributed by atoms with Gasteiger partial charge >= 0.3 is 39.5 Å². The summed E-state index contributed by atoms with van der Waals surface area (Å²) in [4.78, 5) is 72.8. The number of hydrogen-bond donors (Lipinski definition) is 3. The van der Waals surface area contributed by atoms with Crippen molar-refractivity contribution in [1.29, 1.82) is 0 Å². The van der Waals surface area contributed by atoms with Crippen molar-refractivity contribution < 1.29 is 80.2 Å². The molecule has 98 heavy (non-hydrogen) atoms. The summed E-state index contributed by atoms with van der Waals surface area (Å²) in [6.07, 6.45) is 62.4. The topological polar surface area (TPSA) is 237 Å². The van der Waals surface area contributed by atoms with E-state index >= 15 is 0 Å². The summed E-state index contributed by atoms with van der Waals surface area (Å²) >= 11 is 0. The number of ether oxygens (including phenoxy) is 4. The Morgan fingerprint density at radius 2 is 0.490 bits per heavy atom. The molecular formula is C79H154O17P2. The second-order valence-electron chi connectivity index (χ2n) is 28.7. The minimum Gasteiger partial charge on any atom is -0.462 e. The molecule has 19 heteroatoms. The van der Waals surface area contributed by atoms with Crippen LogP contribution in [0.4, 0.5) is 0 Å². The number of carbonyl (C=O) groups is 4. The number of carbonyl (C=O) groups excluding carboxylic acids is 4. The molecule has 0 saturated heterocycles. The van der Waals surface area contributed by atoms with Gasteiger partial charge in [0.2, 0.25) is 0 Å². The van der Waals surface area contributed by atoms with Crippen molar-refractivity contribution in [3.05, 3.63) is 0 Å². The number of unbranched alkanes of at least 4 members (excludes halogenated alkanes) is 50. The smallest absolute Gasteiger partial charge is 0.462 e. The lowest BCUT2D eigenvalue weighted by Gasteiger charge is -2.21. The van der Waals surface area contributed by atoms with E-state index in [0.717, 1.165) is 95.8 Å². The normalized spacial score (nSPS) is 14.2. The molecule has 0 spiro atoms. The SMILES string of the molecule is CCCCCCCCCCCCCCCCCCCCCCC(=O)O[C@H](COC(=O)CCCCCCCCCCCCCCCCC(C)CC)COP(=O)(O)OC[C@@H](O)COP(=O)(O)OC[C@@H](COC(=O)CCCCCCCCCCCC)OC(=O)CCCCCCCCCCCC. The molecule has 0 aliphatic rings. The average molecular weight is 1440 g/mol. The number of phosphoric acid groups is 2. The van der Waals surface area contributed by atoms with E-state index in [2.05, 4.69) is 34.6 Å². The van der Waals surface area contributed by atoms with Crippen molar-refractivity contribution in [2.75, 3.05) is 39.6 Å². The quantitative estimate of drug-likeness (QED) is 0.0222. The van der Waals surface area contributed by atoms with E-state index in [1.807, 2.05) is 0 Å². The first-order chi connectivity index (χ1) is 47.6. The molecule has 0 heterocycles. The summed E-state index contributed by atoms with van der Waals surface area (Å²) in [6, 6.07) is 0. The standard InChI is InChI=1S/C79H154O17P2/c1-6-10-13-16-19-22-25-26-27-28-29-30-31-32-37-40-45-50-55-60-65-79(84)96-75(69-90-77(82)63-58-53-48-44-39-36-34-33-35-38-41-46-51-56-61-72(5)9-4)71-94-98(87,88)92-67-73(80)66-91-97(85,86)93-70-74(95-78(83)64-59-54-49-43-24-21-18-15-12-8-3)68-89-76(81)62-57-52-47-42-23-20-17-14-11-7-2/h72-75,80H,6-71H2,1-5H3,(H,85,86)(H,87,88)/t72?,73-,74+,75+/m0/s1. The van der Waals surface area contributed by atoms with Gasteiger partial charge in [-0.1, -0.05) is 369 Å².